The predicted molar refractivity (Wildman–Crippen MR) is 70.1 cm³/mol. The Morgan fingerprint density at radius 2 is 2.00 bits per heavy atom. The Morgan fingerprint density at radius 3 is 2.62 bits per heavy atom. The lowest BCUT2D eigenvalue weighted by atomic mass is 10.0. The van der Waals surface area contributed by atoms with Gasteiger partial charge in [-0.25, -0.2) is 4.39 Å². The number of benzene rings is 1. The normalized spacial score (nSPS) is 13.1. The maximum absolute atomic E-state index is 13.7. The van der Waals surface area contributed by atoms with E-state index in [2.05, 4.69) is 42.0 Å². The Morgan fingerprint density at radius 1 is 1.31 bits per heavy atom. The first-order chi connectivity index (χ1) is 7.50. The molecule has 1 aromatic rings. The van der Waals surface area contributed by atoms with Crippen molar-refractivity contribution in [2.45, 2.75) is 33.2 Å². The summed E-state index contributed by atoms with van der Waals surface area (Å²) in [5.74, 6) is 0.310. The van der Waals surface area contributed by atoms with Crippen LogP contribution < -0.4 is 5.32 Å². The van der Waals surface area contributed by atoms with E-state index in [0.717, 1.165) is 18.5 Å². The highest BCUT2D eigenvalue weighted by atomic mass is 79.9. The molecule has 0 radical (unpaired) electrons. The summed E-state index contributed by atoms with van der Waals surface area (Å²) in [6.45, 7) is 7.29. The monoisotopic (exact) mass is 287 g/mol. The zero-order valence-electron chi connectivity index (χ0n) is 10.1. The van der Waals surface area contributed by atoms with Gasteiger partial charge in [-0.2, -0.15) is 0 Å². The van der Waals surface area contributed by atoms with E-state index < -0.39 is 0 Å². The van der Waals surface area contributed by atoms with Crippen LogP contribution in [0.15, 0.2) is 22.7 Å². The van der Waals surface area contributed by atoms with Gasteiger partial charge in [0.05, 0.1) is 4.47 Å². The number of hydrogen-bond acceptors (Lipinski definition) is 1. The first-order valence-corrected chi connectivity index (χ1v) is 6.46. The molecule has 1 nitrogen and oxygen atoms in total. The van der Waals surface area contributed by atoms with Gasteiger partial charge in [-0.05, 0) is 46.4 Å². The minimum atomic E-state index is -0.126. The molecule has 0 saturated carbocycles. The largest absolute Gasteiger partial charge is 0.314 e. The molecule has 0 amide bonds. The van der Waals surface area contributed by atoms with E-state index in [0.29, 0.717) is 16.4 Å². The molecule has 3 heteroatoms. The van der Waals surface area contributed by atoms with E-state index in [4.69, 9.17) is 0 Å². The second-order valence-corrected chi connectivity index (χ2v) is 5.44. The molecule has 16 heavy (non-hydrogen) atoms. The van der Waals surface area contributed by atoms with Gasteiger partial charge in [-0.3, -0.25) is 0 Å². The van der Waals surface area contributed by atoms with Crippen LogP contribution in [0.3, 0.4) is 0 Å². The minimum Gasteiger partial charge on any atom is -0.314 e. The van der Waals surface area contributed by atoms with Gasteiger partial charge in [0.1, 0.15) is 5.82 Å². The van der Waals surface area contributed by atoms with E-state index in [9.17, 15) is 4.39 Å². The third kappa shape index (κ3) is 4.22. The Labute approximate surface area is 106 Å². The lowest BCUT2D eigenvalue weighted by molar-refractivity contribution is 0.467. The third-order valence-electron chi connectivity index (χ3n) is 2.47. The summed E-state index contributed by atoms with van der Waals surface area (Å²) in [5, 5.41) is 3.37. The molecule has 0 heterocycles. The topological polar surface area (TPSA) is 12.0 Å². The third-order valence-corrected chi connectivity index (χ3v) is 3.09. The van der Waals surface area contributed by atoms with Crippen molar-refractivity contribution >= 4 is 15.9 Å². The number of nitrogens with one attached hydrogen (secondary N) is 1. The molecule has 0 bridgehead atoms. The van der Waals surface area contributed by atoms with Crippen LogP contribution >= 0.6 is 15.9 Å². The molecule has 0 saturated heterocycles. The Kier molecular flexibility index (Phi) is 5.42. The number of rotatable bonds is 5. The van der Waals surface area contributed by atoms with Crippen molar-refractivity contribution in [1.29, 1.82) is 0 Å². The van der Waals surface area contributed by atoms with Crippen LogP contribution in [0.25, 0.3) is 0 Å². The van der Waals surface area contributed by atoms with Gasteiger partial charge in [-0.15, -0.1) is 0 Å². The highest BCUT2D eigenvalue weighted by molar-refractivity contribution is 9.10. The van der Waals surface area contributed by atoms with Crippen molar-refractivity contribution in [3.8, 4) is 0 Å². The maximum Gasteiger partial charge on any atom is 0.140 e. The van der Waals surface area contributed by atoms with Crippen LogP contribution in [0.4, 0.5) is 4.39 Å². The summed E-state index contributed by atoms with van der Waals surface area (Å²) < 4.78 is 14.2. The van der Waals surface area contributed by atoms with Gasteiger partial charge < -0.3 is 5.32 Å². The predicted octanol–water partition coefficient (Wildman–Crippen LogP) is 3.76. The summed E-state index contributed by atoms with van der Waals surface area (Å²) in [5.41, 5.74) is 0.785. The first-order valence-electron chi connectivity index (χ1n) is 5.67. The first kappa shape index (κ1) is 13.7. The molecular formula is C13H19BrFN. The molecule has 90 valence electrons. The molecule has 1 N–H and O–H groups in total. The molecule has 0 spiro atoms. The average Bonchev–Trinajstić information content (AvgIpc) is 2.22. The zero-order chi connectivity index (χ0) is 12.1. The van der Waals surface area contributed by atoms with E-state index >= 15 is 0 Å². The quantitative estimate of drug-likeness (QED) is 0.869. The van der Waals surface area contributed by atoms with Gasteiger partial charge >= 0.3 is 0 Å². The van der Waals surface area contributed by atoms with Crippen molar-refractivity contribution in [2.75, 3.05) is 6.54 Å². The van der Waals surface area contributed by atoms with Crippen molar-refractivity contribution < 1.29 is 4.39 Å². The molecule has 1 unspecified atom stereocenters. The van der Waals surface area contributed by atoms with Gasteiger partial charge in [0.2, 0.25) is 0 Å². The summed E-state index contributed by atoms with van der Waals surface area (Å²) in [6, 6.07) is 5.95. The lowest BCUT2D eigenvalue weighted by Gasteiger charge is -2.15. The Bertz CT molecular complexity index is 339. The van der Waals surface area contributed by atoms with Crippen LogP contribution in [0.5, 0.6) is 0 Å². The van der Waals surface area contributed by atoms with E-state index in [1.54, 1.807) is 6.07 Å². The lowest BCUT2D eigenvalue weighted by Crippen LogP contribution is -2.28. The van der Waals surface area contributed by atoms with Crippen LogP contribution in [0, 0.1) is 11.7 Å². The highest BCUT2D eigenvalue weighted by Crippen LogP contribution is 2.20. The van der Waals surface area contributed by atoms with Crippen LogP contribution in [0.1, 0.15) is 26.3 Å². The smallest absolute Gasteiger partial charge is 0.140 e. The Hall–Kier alpha value is -0.410. The molecule has 0 aliphatic rings. The van der Waals surface area contributed by atoms with Crippen molar-refractivity contribution in [2.24, 2.45) is 5.92 Å². The summed E-state index contributed by atoms with van der Waals surface area (Å²) >= 11 is 3.21. The minimum absolute atomic E-state index is 0.126. The van der Waals surface area contributed by atoms with Gasteiger partial charge in [0.25, 0.3) is 0 Å². The maximum atomic E-state index is 13.7. The second-order valence-electron chi connectivity index (χ2n) is 4.59. The van der Waals surface area contributed by atoms with Crippen molar-refractivity contribution in [3.63, 3.8) is 0 Å². The average molecular weight is 288 g/mol. The van der Waals surface area contributed by atoms with Crippen LogP contribution in [-0.2, 0) is 6.42 Å². The molecule has 0 aliphatic carbocycles. The Balaban J connectivity index is 2.56. The molecule has 1 atom stereocenters. The van der Waals surface area contributed by atoms with Gasteiger partial charge in [0, 0.05) is 6.04 Å². The molecular weight excluding hydrogens is 269 g/mol. The zero-order valence-corrected chi connectivity index (χ0v) is 11.6. The summed E-state index contributed by atoms with van der Waals surface area (Å²) in [6.07, 6.45) is 0.769. The van der Waals surface area contributed by atoms with E-state index in [1.165, 1.54) is 0 Å². The molecule has 0 aromatic heterocycles. The molecule has 1 aromatic carbocycles. The molecule has 0 fully saturated rings. The SMILES string of the molecule is CC(CNC(C)C)Cc1cccc(Br)c1F. The summed E-state index contributed by atoms with van der Waals surface area (Å²) in [4.78, 5) is 0. The number of hydrogen-bond donors (Lipinski definition) is 1. The van der Waals surface area contributed by atoms with Crippen LogP contribution in [0.2, 0.25) is 0 Å². The fraction of sp³-hybridized carbons (Fsp3) is 0.538. The fourth-order valence-electron chi connectivity index (χ4n) is 1.59. The summed E-state index contributed by atoms with van der Waals surface area (Å²) in [7, 11) is 0. The van der Waals surface area contributed by atoms with Crippen molar-refractivity contribution in [1.82, 2.24) is 5.32 Å². The second kappa shape index (κ2) is 6.36. The standard InChI is InChI=1S/C13H19BrFN/c1-9(2)16-8-10(3)7-11-5-4-6-12(14)13(11)15/h4-6,9-10,16H,7-8H2,1-3H3. The van der Waals surface area contributed by atoms with E-state index in [-0.39, 0.29) is 5.82 Å². The fourth-order valence-corrected chi connectivity index (χ4v) is 2.00. The number of halogens is 2. The molecule has 1 rings (SSSR count). The van der Waals surface area contributed by atoms with Crippen LogP contribution in [-0.4, -0.2) is 12.6 Å². The van der Waals surface area contributed by atoms with E-state index in [1.807, 2.05) is 12.1 Å². The van der Waals surface area contributed by atoms with Gasteiger partial charge in [-0.1, -0.05) is 32.9 Å². The highest BCUT2D eigenvalue weighted by Gasteiger charge is 2.10. The molecule has 0 aliphatic heterocycles. The van der Waals surface area contributed by atoms with Crippen molar-refractivity contribution in [3.05, 3.63) is 34.1 Å². The van der Waals surface area contributed by atoms with Gasteiger partial charge in [0.15, 0.2) is 0 Å².